The molecule has 1 nitrogen and oxygen atoms in total. The highest BCUT2D eigenvalue weighted by atomic mass is 19.4. The van der Waals surface area contributed by atoms with Crippen LogP contribution in [0.15, 0.2) is 0 Å². The monoisotopic (exact) mass is 286 g/mol. The fraction of sp³-hybridized carbons (Fsp3) is 1.00. The van der Waals surface area contributed by atoms with Crippen molar-refractivity contribution < 1.29 is 40.2 Å². The average molecular weight is 286 g/mol. The highest BCUT2D eigenvalue weighted by Crippen LogP contribution is 2.64. The second kappa shape index (κ2) is 3.49. The van der Waals surface area contributed by atoms with Crippen LogP contribution in [0.5, 0.6) is 0 Å². The van der Waals surface area contributed by atoms with Crippen molar-refractivity contribution >= 4 is 0 Å². The van der Waals surface area contributed by atoms with Crippen LogP contribution in [0.3, 0.4) is 0 Å². The molecular weight excluding hydrogens is 276 g/mol. The van der Waals surface area contributed by atoms with Crippen LogP contribution < -0.4 is 0 Å². The standard InChI is InChI=1S/C9H10F8O/c1-4-3-6(12,5(2,10)11)8(13,14)7(4,18)9(15,16)17/h4,18H,3H2,1-2H3. The molecule has 0 bridgehead atoms. The van der Waals surface area contributed by atoms with E-state index < -0.39 is 41.6 Å². The van der Waals surface area contributed by atoms with Gasteiger partial charge < -0.3 is 5.11 Å². The first-order valence-corrected chi connectivity index (χ1v) is 4.86. The smallest absolute Gasteiger partial charge is 0.376 e. The van der Waals surface area contributed by atoms with Crippen LogP contribution in [-0.2, 0) is 0 Å². The summed E-state index contributed by atoms with van der Waals surface area (Å²) in [5, 5.41) is 9.07. The van der Waals surface area contributed by atoms with Gasteiger partial charge in [0.25, 0.3) is 5.92 Å². The van der Waals surface area contributed by atoms with E-state index in [-0.39, 0.29) is 6.92 Å². The van der Waals surface area contributed by atoms with Crippen LogP contribution in [0.2, 0.25) is 0 Å². The topological polar surface area (TPSA) is 20.2 Å². The minimum absolute atomic E-state index is 0.240. The molecule has 18 heavy (non-hydrogen) atoms. The Morgan fingerprint density at radius 3 is 1.61 bits per heavy atom. The maximum atomic E-state index is 13.7. The highest BCUT2D eigenvalue weighted by molar-refractivity contribution is 5.22. The van der Waals surface area contributed by atoms with Crippen molar-refractivity contribution in [2.75, 3.05) is 0 Å². The Bertz CT molecular complexity index is 345. The molecule has 0 saturated heterocycles. The van der Waals surface area contributed by atoms with E-state index >= 15 is 0 Å². The zero-order valence-electron chi connectivity index (χ0n) is 9.26. The van der Waals surface area contributed by atoms with Gasteiger partial charge in [0.15, 0.2) is 0 Å². The molecule has 0 amide bonds. The lowest BCUT2D eigenvalue weighted by molar-refractivity contribution is -0.359. The number of rotatable bonds is 1. The van der Waals surface area contributed by atoms with Crippen molar-refractivity contribution in [2.24, 2.45) is 5.92 Å². The Morgan fingerprint density at radius 1 is 1.06 bits per heavy atom. The van der Waals surface area contributed by atoms with Crippen molar-refractivity contribution in [3.8, 4) is 0 Å². The van der Waals surface area contributed by atoms with Gasteiger partial charge in [0.2, 0.25) is 11.3 Å². The van der Waals surface area contributed by atoms with Crippen molar-refractivity contribution in [3.63, 3.8) is 0 Å². The van der Waals surface area contributed by atoms with E-state index in [0.29, 0.717) is 6.92 Å². The molecule has 0 aromatic rings. The summed E-state index contributed by atoms with van der Waals surface area (Å²) in [4.78, 5) is 0. The van der Waals surface area contributed by atoms with Crippen LogP contribution in [0.25, 0.3) is 0 Å². The lowest BCUT2D eigenvalue weighted by Gasteiger charge is -2.39. The second-order valence-corrected chi connectivity index (χ2v) is 4.63. The Morgan fingerprint density at radius 2 is 1.44 bits per heavy atom. The third-order valence-corrected chi connectivity index (χ3v) is 3.41. The predicted octanol–water partition coefficient (Wildman–Crippen LogP) is 3.32. The maximum absolute atomic E-state index is 13.7. The zero-order chi connectivity index (χ0) is 14.8. The average Bonchev–Trinajstić information content (AvgIpc) is 2.24. The number of hydrogen-bond donors (Lipinski definition) is 1. The normalized spacial score (nSPS) is 41.2. The third kappa shape index (κ3) is 1.48. The van der Waals surface area contributed by atoms with E-state index in [2.05, 4.69) is 0 Å². The molecule has 0 aliphatic heterocycles. The first-order valence-electron chi connectivity index (χ1n) is 4.86. The van der Waals surface area contributed by atoms with Crippen LogP contribution in [0.1, 0.15) is 20.3 Å². The Kier molecular flexibility index (Phi) is 2.99. The highest BCUT2D eigenvalue weighted by Gasteiger charge is 2.87. The molecule has 0 spiro atoms. The summed E-state index contributed by atoms with van der Waals surface area (Å²) in [6.45, 7) is 0.213. The quantitative estimate of drug-likeness (QED) is 0.733. The van der Waals surface area contributed by atoms with Crippen molar-refractivity contribution in [1.29, 1.82) is 0 Å². The van der Waals surface area contributed by atoms with Gasteiger partial charge in [-0.2, -0.15) is 22.0 Å². The molecule has 1 rings (SSSR count). The molecule has 0 heterocycles. The van der Waals surface area contributed by atoms with Gasteiger partial charge in [-0.3, -0.25) is 0 Å². The van der Waals surface area contributed by atoms with Gasteiger partial charge in [-0.05, 0) is 6.42 Å². The van der Waals surface area contributed by atoms with E-state index in [1.165, 1.54) is 0 Å². The van der Waals surface area contributed by atoms with Gasteiger partial charge in [0, 0.05) is 12.8 Å². The first kappa shape index (κ1) is 15.5. The molecule has 0 aromatic carbocycles. The molecule has 0 radical (unpaired) electrons. The largest absolute Gasteiger partial charge is 0.423 e. The van der Waals surface area contributed by atoms with Crippen molar-refractivity contribution in [2.45, 2.75) is 49.6 Å². The van der Waals surface area contributed by atoms with E-state index in [0.717, 1.165) is 0 Å². The van der Waals surface area contributed by atoms with E-state index in [1.54, 1.807) is 0 Å². The summed E-state index contributed by atoms with van der Waals surface area (Å²) in [7, 11) is 0. The van der Waals surface area contributed by atoms with Gasteiger partial charge in [0.1, 0.15) is 0 Å². The zero-order valence-corrected chi connectivity index (χ0v) is 9.26. The van der Waals surface area contributed by atoms with Gasteiger partial charge in [-0.25, -0.2) is 13.2 Å². The van der Waals surface area contributed by atoms with Gasteiger partial charge in [0.05, 0.1) is 0 Å². The maximum Gasteiger partial charge on any atom is 0.423 e. The minimum atomic E-state index is -5.92. The second-order valence-electron chi connectivity index (χ2n) is 4.63. The minimum Gasteiger partial charge on any atom is -0.376 e. The summed E-state index contributed by atoms with van der Waals surface area (Å²) in [5.41, 5.74) is -9.56. The third-order valence-electron chi connectivity index (χ3n) is 3.41. The lowest BCUT2D eigenvalue weighted by Crippen LogP contribution is -2.66. The summed E-state index contributed by atoms with van der Waals surface area (Å²) >= 11 is 0. The van der Waals surface area contributed by atoms with E-state index in [4.69, 9.17) is 5.11 Å². The molecule has 108 valence electrons. The fourth-order valence-corrected chi connectivity index (χ4v) is 2.22. The number of halogens is 8. The van der Waals surface area contributed by atoms with Crippen molar-refractivity contribution in [1.82, 2.24) is 0 Å². The summed E-state index contributed by atoms with van der Waals surface area (Å²) < 4.78 is 104. The van der Waals surface area contributed by atoms with Gasteiger partial charge >= 0.3 is 12.1 Å². The number of hydrogen-bond acceptors (Lipinski definition) is 1. The first-order chi connectivity index (χ1) is 7.63. The van der Waals surface area contributed by atoms with Gasteiger partial charge in [-0.1, -0.05) is 6.92 Å². The van der Waals surface area contributed by atoms with Crippen molar-refractivity contribution in [3.05, 3.63) is 0 Å². The molecular formula is C9H10F8O. The molecule has 3 unspecified atom stereocenters. The molecule has 1 aliphatic rings. The molecule has 1 saturated carbocycles. The summed E-state index contributed by atoms with van der Waals surface area (Å²) in [6.07, 6.45) is -7.71. The lowest BCUT2D eigenvalue weighted by atomic mass is 9.86. The van der Waals surface area contributed by atoms with Gasteiger partial charge in [-0.15, -0.1) is 0 Å². The van der Waals surface area contributed by atoms with Crippen LogP contribution >= 0.6 is 0 Å². The SMILES string of the molecule is CC1CC(F)(C(C)(F)F)C(F)(F)C1(O)C(F)(F)F. The molecule has 3 atom stereocenters. The van der Waals surface area contributed by atoms with Crippen LogP contribution in [0.4, 0.5) is 35.1 Å². The number of aliphatic hydroxyl groups is 1. The fourth-order valence-electron chi connectivity index (χ4n) is 2.22. The summed E-state index contributed by atoms with van der Waals surface area (Å²) in [5.74, 6) is -12.8. The Balaban J connectivity index is 3.47. The Labute approximate surface area is 96.8 Å². The van der Waals surface area contributed by atoms with Crippen LogP contribution in [-0.4, -0.2) is 34.4 Å². The summed E-state index contributed by atoms with van der Waals surface area (Å²) in [6, 6.07) is 0. The molecule has 1 N–H and O–H groups in total. The molecule has 0 aromatic heterocycles. The van der Waals surface area contributed by atoms with E-state index in [9.17, 15) is 35.1 Å². The van der Waals surface area contributed by atoms with Crippen LogP contribution in [0, 0.1) is 5.92 Å². The predicted molar refractivity (Wildman–Crippen MR) is 44.2 cm³/mol. The molecule has 1 fully saturated rings. The molecule has 1 aliphatic carbocycles. The molecule has 9 heteroatoms. The number of alkyl halides is 8. The Hall–Kier alpha value is -0.600. The van der Waals surface area contributed by atoms with E-state index in [1.807, 2.05) is 0 Å².